The highest BCUT2D eigenvalue weighted by Gasteiger charge is 2.27. The Bertz CT molecular complexity index is 1170. The van der Waals surface area contributed by atoms with Gasteiger partial charge >= 0.3 is 0 Å². The second-order valence-corrected chi connectivity index (χ2v) is 10.6. The van der Waals surface area contributed by atoms with Crippen LogP contribution in [-0.4, -0.2) is 32.5 Å². The molecule has 0 aliphatic carbocycles. The van der Waals surface area contributed by atoms with Crippen molar-refractivity contribution in [3.63, 3.8) is 0 Å². The molecule has 1 atom stereocenters. The fourth-order valence-electron chi connectivity index (χ4n) is 3.28. The van der Waals surface area contributed by atoms with Gasteiger partial charge in [-0.15, -0.1) is 11.3 Å². The Labute approximate surface area is 186 Å². The van der Waals surface area contributed by atoms with Crippen molar-refractivity contribution in [1.29, 1.82) is 0 Å². The lowest BCUT2D eigenvalue weighted by molar-refractivity contribution is -0.123. The molecule has 0 saturated carbocycles. The van der Waals surface area contributed by atoms with Gasteiger partial charge in [0.1, 0.15) is 11.8 Å². The van der Waals surface area contributed by atoms with Crippen molar-refractivity contribution >= 4 is 37.5 Å². The number of benzene rings is 2. The first-order valence-corrected chi connectivity index (χ1v) is 12.3. The van der Waals surface area contributed by atoms with Crippen LogP contribution in [0.5, 0.6) is 5.75 Å². The summed E-state index contributed by atoms with van der Waals surface area (Å²) < 4.78 is 34.7. The molecule has 0 aliphatic heterocycles. The number of amides is 1. The topological polar surface area (TPSA) is 97.4 Å². The maximum Gasteiger partial charge on any atom is 0.241 e. The van der Waals surface area contributed by atoms with Crippen molar-refractivity contribution in [1.82, 2.24) is 15.0 Å². The number of carbonyl (C=O) groups excluding carboxylic acids is 1. The van der Waals surface area contributed by atoms with Gasteiger partial charge in [-0.1, -0.05) is 32.0 Å². The van der Waals surface area contributed by atoms with Crippen LogP contribution < -0.4 is 14.8 Å². The van der Waals surface area contributed by atoms with Gasteiger partial charge in [-0.2, -0.15) is 4.72 Å². The van der Waals surface area contributed by atoms with E-state index in [1.54, 1.807) is 19.2 Å². The van der Waals surface area contributed by atoms with Gasteiger partial charge < -0.3 is 10.1 Å². The molecule has 0 fully saturated rings. The molecule has 0 bridgehead atoms. The number of methoxy groups -OCH3 is 1. The van der Waals surface area contributed by atoms with Gasteiger partial charge in [0.05, 0.1) is 27.2 Å². The molecule has 166 valence electrons. The van der Waals surface area contributed by atoms with E-state index >= 15 is 0 Å². The number of rotatable bonds is 9. The first-order chi connectivity index (χ1) is 14.7. The monoisotopic (exact) mass is 461 g/mol. The SMILES string of the molecule is COc1ccccc1CNC(=O)[C@H](CC(C)C)NS(=O)(=O)c1ccc2nc(C)sc2c1. The highest BCUT2D eigenvalue weighted by molar-refractivity contribution is 7.89. The zero-order valence-corrected chi connectivity index (χ0v) is 19.6. The number of thiazole rings is 1. The molecule has 1 aromatic heterocycles. The molecular weight excluding hydrogens is 434 g/mol. The predicted molar refractivity (Wildman–Crippen MR) is 123 cm³/mol. The summed E-state index contributed by atoms with van der Waals surface area (Å²) in [5.41, 5.74) is 1.57. The molecule has 0 aliphatic rings. The van der Waals surface area contributed by atoms with Crippen LogP contribution in [0.2, 0.25) is 0 Å². The molecule has 2 aromatic carbocycles. The minimum atomic E-state index is -3.88. The van der Waals surface area contributed by atoms with Crippen LogP contribution >= 0.6 is 11.3 Å². The summed E-state index contributed by atoms with van der Waals surface area (Å²) in [6, 6.07) is 11.3. The highest BCUT2D eigenvalue weighted by atomic mass is 32.2. The number of aryl methyl sites for hydroxylation is 1. The third kappa shape index (κ3) is 5.81. The van der Waals surface area contributed by atoms with E-state index in [9.17, 15) is 13.2 Å². The molecule has 0 saturated heterocycles. The number of hydrogen-bond donors (Lipinski definition) is 2. The molecule has 3 rings (SSSR count). The Morgan fingerprint density at radius 1 is 1.19 bits per heavy atom. The van der Waals surface area contributed by atoms with E-state index in [0.717, 1.165) is 20.8 Å². The Balaban J connectivity index is 1.78. The van der Waals surface area contributed by atoms with Crippen molar-refractivity contribution in [2.24, 2.45) is 5.92 Å². The van der Waals surface area contributed by atoms with E-state index in [2.05, 4.69) is 15.0 Å². The normalized spacial score (nSPS) is 12.8. The van der Waals surface area contributed by atoms with E-state index in [0.29, 0.717) is 12.2 Å². The zero-order chi connectivity index (χ0) is 22.6. The Morgan fingerprint density at radius 3 is 2.65 bits per heavy atom. The Hall–Kier alpha value is -2.49. The van der Waals surface area contributed by atoms with Gasteiger partial charge in [0.25, 0.3) is 0 Å². The zero-order valence-electron chi connectivity index (χ0n) is 18.0. The number of para-hydroxylation sites is 1. The number of sulfonamides is 1. The molecule has 7 nitrogen and oxygen atoms in total. The molecule has 2 N–H and O–H groups in total. The molecule has 3 aromatic rings. The smallest absolute Gasteiger partial charge is 0.241 e. The summed E-state index contributed by atoms with van der Waals surface area (Å²) in [5.74, 6) is 0.408. The van der Waals surface area contributed by atoms with Crippen LogP contribution in [0.15, 0.2) is 47.4 Å². The van der Waals surface area contributed by atoms with Gasteiger partial charge in [-0.05, 0) is 43.5 Å². The number of aromatic nitrogens is 1. The molecule has 31 heavy (non-hydrogen) atoms. The molecule has 0 spiro atoms. The van der Waals surface area contributed by atoms with Crippen molar-refractivity contribution in [2.75, 3.05) is 7.11 Å². The fraction of sp³-hybridized carbons (Fsp3) is 0.364. The number of ether oxygens (including phenoxy) is 1. The number of nitrogens with one attached hydrogen (secondary N) is 2. The van der Waals surface area contributed by atoms with Crippen LogP contribution in [0.25, 0.3) is 10.2 Å². The molecule has 9 heteroatoms. The Kier molecular flexibility index (Phi) is 7.30. The van der Waals surface area contributed by atoms with Crippen LogP contribution in [0.4, 0.5) is 0 Å². The summed E-state index contributed by atoms with van der Waals surface area (Å²) in [6.45, 7) is 6.01. The van der Waals surface area contributed by atoms with Crippen molar-refractivity contribution in [3.05, 3.63) is 53.0 Å². The largest absolute Gasteiger partial charge is 0.496 e. The number of fused-ring (bicyclic) bond motifs is 1. The van der Waals surface area contributed by atoms with Gasteiger partial charge in [0.2, 0.25) is 15.9 Å². The van der Waals surface area contributed by atoms with E-state index in [1.807, 2.05) is 45.0 Å². The van der Waals surface area contributed by atoms with E-state index in [-0.39, 0.29) is 23.3 Å². The minimum absolute atomic E-state index is 0.120. The summed E-state index contributed by atoms with van der Waals surface area (Å²) in [5, 5.41) is 3.70. The maximum atomic E-state index is 13.0. The first kappa shape index (κ1) is 23.2. The summed E-state index contributed by atoms with van der Waals surface area (Å²) in [6.07, 6.45) is 0.374. The van der Waals surface area contributed by atoms with Crippen LogP contribution in [0.3, 0.4) is 0 Å². The van der Waals surface area contributed by atoms with Crippen molar-refractivity contribution in [2.45, 2.75) is 44.7 Å². The summed E-state index contributed by atoms with van der Waals surface area (Å²) in [7, 11) is -2.32. The van der Waals surface area contributed by atoms with Crippen LogP contribution in [-0.2, 0) is 21.4 Å². The number of carbonyl (C=O) groups is 1. The molecule has 1 heterocycles. The first-order valence-electron chi connectivity index (χ1n) is 9.98. The summed E-state index contributed by atoms with van der Waals surface area (Å²) >= 11 is 1.43. The number of nitrogens with zero attached hydrogens (tertiary/aromatic N) is 1. The molecular formula is C22H27N3O4S2. The third-order valence-electron chi connectivity index (χ3n) is 4.74. The van der Waals surface area contributed by atoms with Crippen molar-refractivity contribution < 1.29 is 17.9 Å². The van der Waals surface area contributed by atoms with Gasteiger partial charge in [0.15, 0.2) is 0 Å². The lowest BCUT2D eigenvalue weighted by Crippen LogP contribution is -2.47. The maximum absolute atomic E-state index is 13.0. The highest BCUT2D eigenvalue weighted by Crippen LogP contribution is 2.25. The molecule has 1 amide bonds. The summed E-state index contributed by atoms with van der Waals surface area (Å²) in [4.78, 5) is 17.4. The Morgan fingerprint density at radius 2 is 1.94 bits per heavy atom. The molecule has 0 radical (unpaired) electrons. The standard InChI is InChI=1S/C22H27N3O4S2/c1-14(2)11-19(22(26)23-13-16-7-5-6-8-20(16)29-4)25-31(27,28)17-9-10-18-21(12-17)30-15(3)24-18/h5-10,12,14,19,25H,11,13H2,1-4H3,(H,23,26)/t19-/m0/s1. The fourth-order valence-corrected chi connectivity index (χ4v) is 5.45. The molecule has 0 unspecified atom stereocenters. The van der Waals surface area contributed by atoms with Crippen LogP contribution in [0.1, 0.15) is 30.8 Å². The number of hydrogen-bond acceptors (Lipinski definition) is 6. The lowest BCUT2D eigenvalue weighted by Gasteiger charge is -2.20. The van der Waals surface area contributed by atoms with Gasteiger partial charge in [-0.25, -0.2) is 13.4 Å². The third-order valence-corrected chi connectivity index (χ3v) is 7.15. The quantitative estimate of drug-likeness (QED) is 0.507. The van der Waals surface area contributed by atoms with Gasteiger partial charge in [0, 0.05) is 12.1 Å². The van der Waals surface area contributed by atoms with Gasteiger partial charge in [-0.3, -0.25) is 4.79 Å². The second-order valence-electron chi connectivity index (χ2n) is 7.70. The lowest BCUT2D eigenvalue weighted by atomic mass is 10.0. The average Bonchev–Trinajstić information content (AvgIpc) is 3.10. The second kappa shape index (κ2) is 9.76. The van der Waals surface area contributed by atoms with E-state index < -0.39 is 16.1 Å². The predicted octanol–water partition coefficient (Wildman–Crippen LogP) is 3.62. The van der Waals surface area contributed by atoms with Crippen molar-refractivity contribution in [3.8, 4) is 5.75 Å². The van der Waals surface area contributed by atoms with E-state index in [4.69, 9.17) is 4.74 Å². The minimum Gasteiger partial charge on any atom is -0.496 e. The average molecular weight is 462 g/mol. The van der Waals surface area contributed by atoms with E-state index in [1.165, 1.54) is 17.4 Å². The van der Waals surface area contributed by atoms with Crippen LogP contribution in [0, 0.1) is 12.8 Å².